The highest BCUT2D eigenvalue weighted by molar-refractivity contribution is 9.10. The predicted octanol–water partition coefficient (Wildman–Crippen LogP) is 3.57. The van der Waals surface area contributed by atoms with Gasteiger partial charge in [0.2, 0.25) is 0 Å². The maximum Gasteiger partial charge on any atom is 0.433 e. The van der Waals surface area contributed by atoms with Gasteiger partial charge < -0.3 is 4.74 Å². The quantitative estimate of drug-likeness (QED) is 0.694. The first-order valence-electron chi connectivity index (χ1n) is 5.56. The van der Waals surface area contributed by atoms with Crippen molar-refractivity contribution in [2.45, 2.75) is 0 Å². The van der Waals surface area contributed by atoms with E-state index in [4.69, 9.17) is 4.74 Å². The highest BCUT2D eigenvalue weighted by Crippen LogP contribution is 2.13. The zero-order valence-electron chi connectivity index (χ0n) is 9.92. The molecule has 96 valence electrons. The Labute approximate surface area is 119 Å². The first-order chi connectivity index (χ1) is 9.25. The molecule has 2 rings (SSSR count). The molecule has 0 atom stereocenters. The molecule has 0 unspecified atom stereocenters. The second-order valence-corrected chi connectivity index (χ2v) is 4.45. The summed E-state index contributed by atoms with van der Waals surface area (Å²) in [6.45, 7) is 0. The van der Waals surface area contributed by atoms with Crippen LogP contribution >= 0.6 is 15.9 Å². The van der Waals surface area contributed by atoms with E-state index in [1.54, 1.807) is 24.3 Å². The molecule has 2 aromatic carbocycles. The van der Waals surface area contributed by atoms with Gasteiger partial charge in [0.1, 0.15) is 5.75 Å². The fourth-order valence-corrected chi connectivity index (χ4v) is 1.74. The Morgan fingerprint density at radius 2 is 1.79 bits per heavy atom. The number of nitrogens with one attached hydrogen (secondary N) is 1. The molecule has 0 saturated carbocycles. The van der Waals surface area contributed by atoms with Crippen molar-refractivity contribution in [2.24, 2.45) is 5.10 Å². The third-order valence-electron chi connectivity index (χ3n) is 2.22. The molecule has 0 aliphatic carbocycles. The molecule has 2 aromatic rings. The van der Waals surface area contributed by atoms with E-state index < -0.39 is 6.09 Å². The number of hydrogen-bond acceptors (Lipinski definition) is 3. The summed E-state index contributed by atoms with van der Waals surface area (Å²) in [4.78, 5) is 11.4. The molecule has 5 heteroatoms. The normalized spacial score (nSPS) is 10.4. The van der Waals surface area contributed by atoms with E-state index in [1.807, 2.05) is 30.3 Å². The Hall–Kier alpha value is -2.14. The summed E-state index contributed by atoms with van der Waals surface area (Å²) in [5.41, 5.74) is 3.16. The molecule has 19 heavy (non-hydrogen) atoms. The molecule has 1 N–H and O–H groups in total. The van der Waals surface area contributed by atoms with Crippen molar-refractivity contribution in [3.05, 3.63) is 64.6 Å². The summed E-state index contributed by atoms with van der Waals surface area (Å²) in [5, 5.41) is 3.82. The molecule has 0 aliphatic heterocycles. The number of para-hydroxylation sites is 1. The van der Waals surface area contributed by atoms with Gasteiger partial charge in [-0.25, -0.2) is 10.2 Å². The number of halogens is 1. The molecule has 0 aliphatic rings. The predicted molar refractivity (Wildman–Crippen MR) is 77.3 cm³/mol. The molecule has 4 nitrogen and oxygen atoms in total. The number of carbonyl (C=O) groups is 1. The van der Waals surface area contributed by atoms with Gasteiger partial charge in [-0.05, 0) is 18.2 Å². The van der Waals surface area contributed by atoms with Crippen LogP contribution in [0.3, 0.4) is 0 Å². The van der Waals surface area contributed by atoms with E-state index in [0.717, 1.165) is 10.0 Å². The van der Waals surface area contributed by atoms with Crippen LogP contribution in [0.5, 0.6) is 5.75 Å². The van der Waals surface area contributed by atoms with Crippen molar-refractivity contribution in [2.75, 3.05) is 0 Å². The van der Waals surface area contributed by atoms with Crippen molar-refractivity contribution in [3.63, 3.8) is 0 Å². The van der Waals surface area contributed by atoms with Crippen molar-refractivity contribution in [1.82, 2.24) is 5.43 Å². The molecule has 1 amide bonds. The van der Waals surface area contributed by atoms with Crippen molar-refractivity contribution >= 4 is 28.2 Å². The van der Waals surface area contributed by atoms with Gasteiger partial charge >= 0.3 is 6.09 Å². The minimum Gasteiger partial charge on any atom is -0.409 e. The Bertz CT molecular complexity index is 585. The van der Waals surface area contributed by atoms with E-state index in [2.05, 4.69) is 26.5 Å². The van der Waals surface area contributed by atoms with Crippen molar-refractivity contribution in [3.8, 4) is 5.75 Å². The number of amides is 1. The first-order valence-corrected chi connectivity index (χ1v) is 6.35. The maximum atomic E-state index is 11.4. The maximum absolute atomic E-state index is 11.4. The Morgan fingerprint density at radius 1 is 1.11 bits per heavy atom. The summed E-state index contributed by atoms with van der Waals surface area (Å²) in [6.07, 6.45) is 0.908. The molecule has 0 fully saturated rings. The summed E-state index contributed by atoms with van der Waals surface area (Å²) in [6, 6.07) is 16.3. The summed E-state index contributed by atoms with van der Waals surface area (Å²) >= 11 is 3.38. The lowest BCUT2D eigenvalue weighted by atomic mass is 10.2. The molecular formula is C14H11BrN2O2. The van der Waals surface area contributed by atoms with Crippen molar-refractivity contribution < 1.29 is 9.53 Å². The van der Waals surface area contributed by atoms with Gasteiger partial charge in [0.25, 0.3) is 0 Å². The molecule has 0 saturated heterocycles. The molecular weight excluding hydrogens is 308 g/mol. The van der Waals surface area contributed by atoms with Crippen LogP contribution in [-0.2, 0) is 0 Å². The van der Waals surface area contributed by atoms with Crippen LogP contribution in [0.4, 0.5) is 4.79 Å². The fourth-order valence-electron chi connectivity index (χ4n) is 1.35. The first kappa shape index (κ1) is 13.3. The van der Waals surface area contributed by atoms with Crippen LogP contribution in [0.15, 0.2) is 64.2 Å². The average molecular weight is 319 g/mol. The standard InChI is InChI=1S/C14H11BrN2O2/c15-13-9-5-4-6-11(13)10-16-17-14(18)19-12-7-2-1-3-8-12/h1-10H,(H,17,18). The molecule has 0 spiro atoms. The minimum atomic E-state index is -0.630. The van der Waals surface area contributed by atoms with Crippen LogP contribution in [0, 0.1) is 0 Å². The zero-order chi connectivity index (χ0) is 13.5. The summed E-state index contributed by atoms with van der Waals surface area (Å²) < 4.78 is 5.91. The van der Waals surface area contributed by atoms with Crippen LogP contribution in [0.25, 0.3) is 0 Å². The monoisotopic (exact) mass is 318 g/mol. The number of nitrogens with zero attached hydrogens (tertiary/aromatic N) is 1. The topological polar surface area (TPSA) is 50.7 Å². The Kier molecular flexibility index (Phi) is 4.69. The van der Waals surface area contributed by atoms with Gasteiger partial charge in [0.05, 0.1) is 6.21 Å². The largest absolute Gasteiger partial charge is 0.433 e. The highest BCUT2D eigenvalue weighted by atomic mass is 79.9. The van der Waals surface area contributed by atoms with Crippen LogP contribution in [-0.4, -0.2) is 12.3 Å². The molecule has 0 aromatic heterocycles. The lowest BCUT2D eigenvalue weighted by Gasteiger charge is -2.02. The number of carbonyl (C=O) groups excluding carboxylic acids is 1. The molecule has 0 bridgehead atoms. The van der Waals surface area contributed by atoms with Crippen LogP contribution < -0.4 is 10.2 Å². The van der Waals surface area contributed by atoms with Gasteiger partial charge in [-0.2, -0.15) is 5.10 Å². The van der Waals surface area contributed by atoms with Gasteiger partial charge in [-0.15, -0.1) is 0 Å². The second kappa shape index (κ2) is 6.70. The zero-order valence-corrected chi connectivity index (χ0v) is 11.5. The second-order valence-electron chi connectivity index (χ2n) is 3.59. The van der Waals surface area contributed by atoms with E-state index in [9.17, 15) is 4.79 Å². The molecule has 0 heterocycles. The average Bonchev–Trinajstić information content (AvgIpc) is 2.42. The number of hydrazone groups is 1. The fraction of sp³-hybridized carbons (Fsp3) is 0. The van der Waals surface area contributed by atoms with Crippen LogP contribution in [0.2, 0.25) is 0 Å². The van der Waals surface area contributed by atoms with Gasteiger partial charge in [0, 0.05) is 10.0 Å². The molecule has 0 radical (unpaired) electrons. The SMILES string of the molecule is O=C(NN=Cc1ccccc1Br)Oc1ccccc1. The van der Waals surface area contributed by atoms with Crippen molar-refractivity contribution in [1.29, 1.82) is 0 Å². The van der Waals surface area contributed by atoms with E-state index in [1.165, 1.54) is 6.21 Å². The van der Waals surface area contributed by atoms with Gasteiger partial charge in [-0.1, -0.05) is 52.3 Å². The van der Waals surface area contributed by atoms with Crippen LogP contribution in [0.1, 0.15) is 5.56 Å². The van der Waals surface area contributed by atoms with E-state index >= 15 is 0 Å². The van der Waals surface area contributed by atoms with Gasteiger partial charge in [-0.3, -0.25) is 0 Å². The highest BCUT2D eigenvalue weighted by Gasteiger charge is 2.01. The third kappa shape index (κ3) is 4.22. The van der Waals surface area contributed by atoms with E-state index in [-0.39, 0.29) is 0 Å². The Balaban J connectivity index is 1.89. The minimum absolute atomic E-state index is 0.469. The summed E-state index contributed by atoms with van der Waals surface area (Å²) in [7, 11) is 0. The lowest BCUT2D eigenvalue weighted by molar-refractivity contribution is 0.201. The van der Waals surface area contributed by atoms with E-state index in [0.29, 0.717) is 5.75 Å². The number of benzene rings is 2. The number of hydrogen-bond donors (Lipinski definition) is 1. The smallest absolute Gasteiger partial charge is 0.409 e. The van der Waals surface area contributed by atoms with Gasteiger partial charge in [0.15, 0.2) is 0 Å². The third-order valence-corrected chi connectivity index (χ3v) is 2.94. The number of rotatable bonds is 3. The number of ether oxygens (including phenoxy) is 1. The summed E-state index contributed by atoms with van der Waals surface area (Å²) in [5.74, 6) is 0.469. The Morgan fingerprint density at radius 3 is 2.53 bits per heavy atom. The lowest BCUT2D eigenvalue weighted by Crippen LogP contribution is -2.21.